The molecule has 6 heteroatoms. The highest BCUT2D eigenvalue weighted by atomic mass is 35.5. The van der Waals surface area contributed by atoms with E-state index in [0.717, 1.165) is 17.0 Å². The molecule has 0 bridgehead atoms. The molecule has 1 fully saturated rings. The fraction of sp³-hybridized carbons (Fsp3) is 0.450. The Balaban J connectivity index is 1.54. The van der Waals surface area contributed by atoms with Crippen LogP contribution in [0, 0.1) is 0 Å². The Kier molecular flexibility index (Phi) is 6.01. The Labute approximate surface area is 158 Å². The van der Waals surface area contributed by atoms with E-state index in [9.17, 15) is 15.0 Å². The number of nitrogens with zero attached hydrogens (tertiary/aromatic N) is 1. The molecule has 1 aliphatic rings. The van der Waals surface area contributed by atoms with Crippen molar-refractivity contribution < 1.29 is 15.0 Å². The number of likely N-dealkylation sites (tertiary alicyclic amines) is 1. The van der Waals surface area contributed by atoms with Crippen LogP contribution in [0.25, 0.3) is 11.3 Å². The molecular formula is C20H25ClN2O3. The molecule has 2 heterocycles. The fourth-order valence-corrected chi connectivity index (χ4v) is 3.50. The minimum Gasteiger partial charge on any atom is -0.393 e. The van der Waals surface area contributed by atoms with Crippen molar-refractivity contribution in [3.05, 3.63) is 47.1 Å². The average molecular weight is 377 g/mol. The summed E-state index contributed by atoms with van der Waals surface area (Å²) in [4.78, 5) is 17.6. The van der Waals surface area contributed by atoms with E-state index < -0.39 is 5.60 Å². The van der Waals surface area contributed by atoms with Crippen molar-refractivity contribution in [3.63, 3.8) is 0 Å². The van der Waals surface area contributed by atoms with Gasteiger partial charge in [0.15, 0.2) is 0 Å². The number of amides is 1. The quantitative estimate of drug-likeness (QED) is 0.750. The highest BCUT2D eigenvalue weighted by Crippen LogP contribution is 2.23. The predicted octanol–water partition coefficient (Wildman–Crippen LogP) is 3.00. The first-order chi connectivity index (χ1) is 12.5. The highest BCUT2D eigenvalue weighted by Gasteiger charge is 2.30. The Morgan fingerprint density at radius 1 is 1.15 bits per heavy atom. The first-order valence-corrected chi connectivity index (χ1v) is 9.42. The standard InChI is InChI=1S/C20H25ClN2O3/c21-16-4-2-15(3-5-16)18-8-6-17(22-18)7-9-19(25)23-12-1-10-20(26,14-24)11-13-23/h2-6,8,22,24,26H,1,7,9-14H2. The zero-order valence-corrected chi connectivity index (χ0v) is 15.5. The SMILES string of the molecule is O=C(CCc1ccc(-c2ccc(Cl)cc2)[nH]1)N1CCCC(O)(CO)CC1. The van der Waals surface area contributed by atoms with Gasteiger partial charge in [-0.1, -0.05) is 23.7 Å². The number of aromatic amines is 1. The smallest absolute Gasteiger partial charge is 0.222 e. The minimum absolute atomic E-state index is 0.0924. The third-order valence-corrected chi connectivity index (χ3v) is 5.33. The molecule has 1 aliphatic heterocycles. The van der Waals surface area contributed by atoms with Crippen LogP contribution in [0.3, 0.4) is 0 Å². The molecule has 0 aliphatic carbocycles. The molecule has 2 aromatic rings. The maximum atomic E-state index is 12.5. The summed E-state index contributed by atoms with van der Waals surface area (Å²) in [6.45, 7) is 0.892. The molecule has 1 atom stereocenters. The molecule has 1 unspecified atom stereocenters. The number of benzene rings is 1. The van der Waals surface area contributed by atoms with Gasteiger partial charge in [0.2, 0.25) is 5.91 Å². The van der Waals surface area contributed by atoms with Crippen LogP contribution in [-0.4, -0.2) is 51.3 Å². The molecule has 1 saturated heterocycles. The van der Waals surface area contributed by atoms with Crippen LogP contribution in [0.4, 0.5) is 0 Å². The lowest BCUT2D eigenvalue weighted by Gasteiger charge is -2.24. The second-order valence-electron chi connectivity index (χ2n) is 7.02. The van der Waals surface area contributed by atoms with E-state index in [-0.39, 0.29) is 12.5 Å². The third kappa shape index (κ3) is 4.67. The Hall–Kier alpha value is -1.82. The number of halogens is 1. The number of hydrogen-bond acceptors (Lipinski definition) is 3. The number of aliphatic hydroxyl groups excluding tert-OH is 1. The van der Waals surface area contributed by atoms with E-state index in [1.165, 1.54) is 0 Å². The zero-order valence-electron chi connectivity index (χ0n) is 14.7. The molecule has 26 heavy (non-hydrogen) atoms. The van der Waals surface area contributed by atoms with Gasteiger partial charge in [0.1, 0.15) is 0 Å². The van der Waals surface area contributed by atoms with E-state index in [1.807, 2.05) is 36.4 Å². The average Bonchev–Trinajstić information content (AvgIpc) is 3.03. The maximum absolute atomic E-state index is 12.5. The van der Waals surface area contributed by atoms with Gasteiger partial charge < -0.3 is 20.1 Å². The number of carbonyl (C=O) groups is 1. The summed E-state index contributed by atoms with van der Waals surface area (Å²) < 4.78 is 0. The molecule has 3 N–H and O–H groups in total. The summed E-state index contributed by atoms with van der Waals surface area (Å²) in [5, 5.41) is 20.2. The lowest BCUT2D eigenvalue weighted by molar-refractivity contribution is -0.131. The monoisotopic (exact) mass is 376 g/mol. The summed E-state index contributed by atoms with van der Waals surface area (Å²) in [5.74, 6) is 0.0924. The van der Waals surface area contributed by atoms with Crippen molar-refractivity contribution in [3.8, 4) is 11.3 Å². The lowest BCUT2D eigenvalue weighted by Crippen LogP contribution is -2.36. The van der Waals surface area contributed by atoms with Gasteiger partial charge in [0, 0.05) is 35.9 Å². The molecule has 5 nitrogen and oxygen atoms in total. The van der Waals surface area contributed by atoms with Crippen molar-refractivity contribution in [1.82, 2.24) is 9.88 Å². The number of rotatable bonds is 5. The number of aromatic nitrogens is 1. The van der Waals surface area contributed by atoms with Crippen LogP contribution in [0.15, 0.2) is 36.4 Å². The number of hydrogen-bond donors (Lipinski definition) is 3. The van der Waals surface area contributed by atoms with Gasteiger partial charge in [-0.2, -0.15) is 0 Å². The molecule has 1 amide bonds. The number of aliphatic hydroxyl groups is 2. The molecule has 140 valence electrons. The van der Waals surface area contributed by atoms with Crippen LogP contribution >= 0.6 is 11.6 Å². The van der Waals surface area contributed by atoms with Crippen LogP contribution < -0.4 is 0 Å². The van der Waals surface area contributed by atoms with Gasteiger partial charge in [-0.25, -0.2) is 0 Å². The summed E-state index contributed by atoms with van der Waals surface area (Å²) in [6.07, 6.45) is 2.75. The number of H-pyrrole nitrogens is 1. The predicted molar refractivity (Wildman–Crippen MR) is 102 cm³/mol. The molecule has 0 radical (unpaired) electrons. The number of nitrogens with one attached hydrogen (secondary N) is 1. The Morgan fingerprint density at radius 3 is 2.65 bits per heavy atom. The van der Waals surface area contributed by atoms with Gasteiger partial charge in [-0.05, 0) is 55.5 Å². The first-order valence-electron chi connectivity index (χ1n) is 9.04. The van der Waals surface area contributed by atoms with Crippen LogP contribution in [0.2, 0.25) is 5.02 Å². The van der Waals surface area contributed by atoms with Crippen LogP contribution in [-0.2, 0) is 11.2 Å². The summed E-state index contributed by atoms with van der Waals surface area (Å²) in [5.41, 5.74) is 2.04. The second kappa shape index (κ2) is 8.25. The second-order valence-corrected chi connectivity index (χ2v) is 7.46. The Morgan fingerprint density at radius 2 is 1.92 bits per heavy atom. The van der Waals surface area contributed by atoms with Crippen molar-refractivity contribution in [2.24, 2.45) is 0 Å². The van der Waals surface area contributed by atoms with E-state index >= 15 is 0 Å². The summed E-state index contributed by atoms with van der Waals surface area (Å²) in [7, 11) is 0. The Bertz CT molecular complexity index is 744. The topological polar surface area (TPSA) is 76.6 Å². The lowest BCUT2D eigenvalue weighted by atomic mass is 9.96. The van der Waals surface area contributed by atoms with E-state index in [0.29, 0.717) is 50.2 Å². The van der Waals surface area contributed by atoms with E-state index in [1.54, 1.807) is 4.90 Å². The van der Waals surface area contributed by atoms with Gasteiger partial charge >= 0.3 is 0 Å². The molecule has 1 aromatic carbocycles. The summed E-state index contributed by atoms with van der Waals surface area (Å²) >= 11 is 5.92. The fourth-order valence-electron chi connectivity index (χ4n) is 3.37. The highest BCUT2D eigenvalue weighted by molar-refractivity contribution is 6.30. The van der Waals surface area contributed by atoms with Gasteiger partial charge in [-0.15, -0.1) is 0 Å². The third-order valence-electron chi connectivity index (χ3n) is 5.07. The molecular weight excluding hydrogens is 352 g/mol. The van der Waals surface area contributed by atoms with Gasteiger partial charge in [0.25, 0.3) is 0 Å². The molecule has 0 spiro atoms. The zero-order chi connectivity index (χ0) is 18.6. The molecule has 0 saturated carbocycles. The van der Waals surface area contributed by atoms with Crippen molar-refractivity contribution >= 4 is 17.5 Å². The van der Waals surface area contributed by atoms with Crippen molar-refractivity contribution in [2.45, 2.75) is 37.7 Å². The first kappa shape index (κ1) is 19.0. The van der Waals surface area contributed by atoms with Gasteiger partial charge in [0.05, 0.1) is 12.2 Å². The van der Waals surface area contributed by atoms with Crippen molar-refractivity contribution in [2.75, 3.05) is 19.7 Å². The van der Waals surface area contributed by atoms with Gasteiger partial charge in [-0.3, -0.25) is 4.79 Å². The molecule has 1 aromatic heterocycles. The van der Waals surface area contributed by atoms with Crippen LogP contribution in [0.1, 0.15) is 31.4 Å². The normalized spacial score (nSPS) is 20.8. The van der Waals surface area contributed by atoms with Crippen molar-refractivity contribution in [1.29, 1.82) is 0 Å². The number of carbonyl (C=O) groups excluding carboxylic acids is 1. The number of aryl methyl sites for hydroxylation is 1. The minimum atomic E-state index is -1.04. The molecule has 3 rings (SSSR count). The van der Waals surface area contributed by atoms with E-state index in [4.69, 9.17) is 11.6 Å². The van der Waals surface area contributed by atoms with E-state index in [2.05, 4.69) is 4.98 Å². The van der Waals surface area contributed by atoms with Crippen LogP contribution in [0.5, 0.6) is 0 Å². The largest absolute Gasteiger partial charge is 0.393 e. The summed E-state index contributed by atoms with van der Waals surface area (Å²) in [6, 6.07) is 11.6. The maximum Gasteiger partial charge on any atom is 0.222 e.